The van der Waals surface area contributed by atoms with Crippen LogP contribution in [0.1, 0.15) is 5.56 Å². The Morgan fingerprint density at radius 1 is 1.42 bits per heavy atom. The minimum absolute atomic E-state index is 0.119. The number of hydrogen-bond acceptors (Lipinski definition) is 3. The van der Waals surface area contributed by atoms with Crippen molar-refractivity contribution in [3.05, 3.63) is 46.0 Å². The zero-order chi connectivity index (χ0) is 8.97. The molecule has 64 valence electrons. The minimum atomic E-state index is -0.646. The number of benzene rings is 1. The van der Waals surface area contributed by atoms with Crippen LogP contribution in [-0.4, -0.2) is 10.2 Å². The lowest BCUT2D eigenvalue weighted by Gasteiger charge is -2.06. The zero-order valence-corrected chi connectivity index (χ0v) is 6.38. The molecule has 0 heterocycles. The highest BCUT2D eigenvalue weighted by Crippen LogP contribution is 2.00. The normalized spacial score (nSPS) is 9.42. The molecule has 0 bridgehead atoms. The fourth-order valence-electron chi connectivity index (χ4n) is 0.828. The molecule has 0 radical (unpaired) electrons. The van der Waals surface area contributed by atoms with Gasteiger partial charge in [-0.2, -0.15) is 5.84 Å². The van der Waals surface area contributed by atoms with Crippen LogP contribution in [0.4, 0.5) is 0 Å². The lowest BCUT2D eigenvalue weighted by atomic mass is 10.2. The fourth-order valence-corrected chi connectivity index (χ4v) is 0.828. The molecule has 0 saturated carbocycles. The van der Waals surface area contributed by atoms with Crippen molar-refractivity contribution in [2.24, 2.45) is 5.84 Å². The van der Waals surface area contributed by atoms with Gasteiger partial charge in [0.05, 0.1) is 0 Å². The first-order chi connectivity index (χ1) is 5.70. The molecular weight excluding hydrogens is 158 g/mol. The van der Waals surface area contributed by atoms with Gasteiger partial charge in [0, 0.05) is 0 Å². The van der Waals surface area contributed by atoms with Gasteiger partial charge in [0.2, 0.25) is 0 Å². The van der Waals surface area contributed by atoms with Crippen LogP contribution in [0.15, 0.2) is 30.3 Å². The Morgan fingerprint density at radius 3 is 2.50 bits per heavy atom. The van der Waals surface area contributed by atoms with Crippen molar-refractivity contribution in [1.82, 2.24) is 5.12 Å². The molecule has 5 heteroatoms. The summed E-state index contributed by atoms with van der Waals surface area (Å²) in [5, 5.41) is 10.0. The van der Waals surface area contributed by atoms with Crippen LogP contribution < -0.4 is 5.84 Å². The topological polar surface area (TPSA) is 72.4 Å². The van der Waals surface area contributed by atoms with Crippen molar-refractivity contribution < 1.29 is 5.03 Å². The van der Waals surface area contributed by atoms with Crippen molar-refractivity contribution >= 4 is 0 Å². The second kappa shape index (κ2) is 3.68. The molecule has 1 aromatic carbocycles. The molecule has 12 heavy (non-hydrogen) atoms. The number of nitrogens with zero attached hydrogens (tertiary/aromatic N) is 2. The molecule has 1 rings (SSSR count). The van der Waals surface area contributed by atoms with E-state index in [0.29, 0.717) is 5.12 Å². The van der Waals surface area contributed by atoms with E-state index in [1.54, 1.807) is 12.1 Å². The molecule has 0 unspecified atom stereocenters. The van der Waals surface area contributed by atoms with Gasteiger partial charge >= 0.3 is 0 Å². The van der Waals surface area contributed by atoms with Gasteiger partial charge in [-0.15, -0.1) is 0 Å². The summed E-state index contributed by atoms with van der Waals surface area (Å²) < 4.78 is 0. The van der Waals surface area contributed by atoms with Crippen LogP contribution in [0.25, 0.3) is 0 Å². The van der Waals surface area contributed by atoms with Gasteiger partial charge in [-0.05, 0) is 5.56 Å². The van der Waals surface area contributed by atoms with Crippen molar-refractivity contribution in [1.29, 1.82) is 0 Å². The van der Waals surface area contributed by atoms with Gasteiger partial charge in [0.25, 0.3) is 0 Å². The lowest BCUT2D eigenvalue weighted by molar-refractivity contribution is -0.662. The summed E-state index contributed by atoms with van der Waals surface area (Å²) in [7, 11) is 0. The van der Waals surface area contributed by atoms with E-state index in [9.17, 15) is 10.1 Å². The van der Waals surface area contributed by atoms with Gasteiger partial charge in [-0.1, -0.05) is 35.4 Å². The highest BCUT2D eigenvalue weighted by atomic mass is 16.7. The van der Waals surface area contributed by atoms with E-state index in [0.717, 1.165) is 5.56 Å². The Hall–Kier alpha value is -1.62. The summed E-state index contributed by atoms with van der Waals surface area (Å²) in [6.07, 6.45) is 0. The maximum absolute atomic E-state index is 10.1. The summed E-state index contributed by atoms with van der Waals surface area (Å²) in [5.41, 5.74) is 0.816. The number of rotatable bonds is 3. The molecule has 0 fully saturated rings. The van der Waals surface area contributed by atoms with Gasteiger partial charge in [-0.25, -0.2) is 10.1 Å². The second-order valence-corrected chi connectivity index (χ2v) is 2.32. The summed E-state index contributed by atoms with van der Waals surface area (Å²) in [6.45, 7) is 0.119. The molecule has 0 aliphatic rings. The second-order valence-electron chi connectivity index (χ2n) is 2.32. The highest BCUT2D eigenvalue weighted by Gasteiger charge is 2.07. The van der Waals surface area contributed by atoms with Crippen molar-refractivity contribution in [2.75, 3.05) is 0 Å². The van der Waals surface area contributed by atoms with Crippen molar-refractivity contribution in [3.8, 4) is 0 Å². The van der Waals surface area contributed by atoms with Gasteiger partial charge in [-0.3, -0.25) is 0 Å². The van der Waals surface area contributed by atoms with Gasteiger partial charge < -0.3 is 0 Å². The minimum Gasteiger partial charge on any atom is -0.233 e. The largest absolute Gasteiger partial charge is 0.233 e. The van der Waals surface area contributed by atoms with Crippen LogP contribution >= 0.6 is 0 Å². The van der Waals surface area contributed by atoms with Gasteiger partial charge in [0.1, 0.15) is 6.54 Å². The maximum Gasteiger partial charge on any atom is 0.176 e. The van der Waals surface area contributed by atoms with Crippen LogP contribution in [-0.2, 0) is 6.54 Å². The van der Waals surface area contributed by atoms with Crippen LogP contribution in [0.2, 0.25) is 0 Å². The Kier molecular flexibility index (Phi) is 2.60. The number of nitrogens with two attached hydrogens (primary N) is 1. The average Bonchev–Trinajstić information content (AvgIpc) is 2.06. The van der Waals surface area contributed by atoms with E-state index >= 15 is 0 Å². The molecule has 0 spiro atoms. The number of hydrazine groups is 2. The van der Waals surface area contributed by atoms with E-state index in [4.69, 9.17) is 5.84 Å². The molecule has 1 aromatic rings. The molecule has 0 aliphatic carbocycles. The SMILES string of the molecule is NN(Cc1ccccc1)[N+](=O)[O-]. The van der Waals surface area contributed by atoms with Crippen molar-refractivity contribution in [3.63, 3.8) is 0 Å². The van der Waals surface area contributed by atoms with E-state index in [-0.39, 0.29) is 6.54 Å². The molecule has 0 aliphatic heterocycles. The van der Waals surface area contributed by atoms with E-state index in [1.807, 2.05) is 18.2 Å². The summed E-state index contributed by atoms with van der Waals surface area (Å²) in [6, 6.07) is 9.02. The molecule has 0 saturated heterocycles. The lowest BCUT2D eigenvalue weighted by Crippen LogP contribution is -2.35. The highest BCUT2D eigenvalue weighted by molar-refractivity contribution is 5.13. The van der Waals surface area contributed by atoms with E-state index < -0.39 is 5.03 Å². The maximum atomic E-state index is 10.1. The average molecular weight is 167 g/mol. The standard InChI is InChI=1S/C7H9N3O2/c8-9(10(11)12)6-7-4-2-1-3-5-7/h1-5H,6,8H2. The summed E-state index contributed by atoms with van der Waals surface area (Å²) in [4.78, 5) is 10.1. The monoisotopic (exact) mass is 167 g/mol. The predicted octanol–water partition coefficient (Wildman–Crippen LogP) is 0.554. The first kappa shape index (κ1) is 8.48. The quantitative estimate of drug-likeness (QED) is 0.405. The van der Waals surface area contributed by atoms with E-state index in [2.05, 4.69) is 0 Å². The Balaban J connectivity index is 2.58. The number of nitro groups is 1. The summed E-state index contributed by atoms with van der Waals surface area (Å²) in [5.74, 6) is 5.08. The molecule has 2 N–H and O–H groups in total. The fraction of sp³-hybridized carbons (Fsp3) is 0.143. The van der Waals surface area contributed by atoms with Crippen LogP contribution in [0, 0.1) is 10.1 Å². The van der Waals surface area contributed by atoms with E-state index in [1.165, 1.54) is 0 Å². The number of hydrogen-bond donors (Lipinski definition) is 1. The third-order valence-corrected chi connectivity index (χ3v) is 1.40. The molecule has 5 nitrogen and oxygen atoms in total. The molecule has 0 aromatic heterocycles. The predicted molar refractivity (Wildman–Crippen MR) is 43.2 cm³/mol. The Bertz CT molecular complexity index is 263. The first-order valence-electron chi connectivity index (χ1n) is 3.40. The first-order valence-corrected chi connectivity index (χ1v) is 3.40. The van der Waals surface area contributed by atoms with Gasteiger partial charge in [0.15, 0.2) is 5.03 Å². The third kappa shape index (κ3) is 2.21. The molecular formula is C7H9N3O2. The molecule has 0 atom stereocenters. The van der Waals surface area contributed by atoms with Crippen LogP contribution in [0.3, 0.4) is 0 Å². The van der Waals surface area contributed by atoms with Crippen molar-refractivity contribution in [2.45, 2.75) is 6.54 Å². The molecule has 0 amide bonds. The smallest absolute Gasteiger partial charge is 0.176 e. The third-order valence-electron chi connectivity index (χ3n) is 1.40. The Morgan fingerprint density at radius 2 is 2.00 bits per heavy atom. The zero-order valence-electron chi connectivity index (χ0n) is 6.38. The summed E-state index contributed by atoms with van der Waals surface area (Å²) >= 11 is 0. The Labute approximate surface area is 69.5 Å². The van der Waals surface area contributed by atoms with Crippen LogP contribution in [0.5, 0.6) is 0 Å².